The van der Waals surface area contributed by atoms with Gasteiger partial charge in [0.05, 0.1) is 10.5 Å². The highest BCUT2D eigenvalue weighted by Crippen LogP contribution is 2.19. The summed E-state index contributed by atoms with van der Waals surface area (Å²) in [6, 6.07) is 4.02. The van der Waals surface area contributed by atoms with Crippen molar-refractivity contribution >= 4 is 16.0 Å². The highest BCUT2D eigenvalue weighted by atomic mass is 32.2. The Balaban J connectivity index is 3.23. The van der Waals surface area contributed by atoms with Gasteiger partial charge in [-0.15, -0.1) is 0 Å². The second-order valence-electron chi connectivity index (χ2n) is 4.89. The van der Waals surface area contributed by atoms with Crippen molar-refractivity contribution in [1.82, 2.24) is 4.72 Å². The number of carboxylic acid groups (broad SMARTS) is 1. The second-order valence-corrected chi connectivity index (χ2v) is 6.57. The number of carboxylic acids is 1. The van der Waals surface area contributed by atoms with E-state index in [0.717, 1.165) is 0 Å². The van der Waals surface area contributed by atoms with Crippen LogP contribution in [-0.4, -0.2) is 25.5 Å². The van der Waals surface area contributed by atoms with Crippen molar-refractivity contribution in [3.05, 3.63) is 29.3 Å². The van der Waals surface area contributed by atoms with Gasteiger partial charge in [0.1, 0.15) is 0 Å². The van der Waals surface area contributed by atoms with Crippen LogP contribution in [0.1, 0.15) is 36.7 Å². The van der Waals surface area contributed by atoms with E-state index in [1.807, 2.05) is 13.8 Å². The van der Waals surface area contributed by atoms with Crippen molar-refractivity contribution in [2.45, 2.75) is 38.6 Å². The molecule has 1 rings (SSSR count). The van der Waals surface area contributed by atoms with Crippen molar-refractivity contribution in [3.63, 3.8) is 0 Å². The number of rotatable bonds is 5. The summed E-state index contributed by atoms with van der Waals surface area (Å²) in [5.41, 5.74) is 0.249. The van der Waals surface area contributed by atoms with Gasteiger partial charge in [0.15, 0.2) is 0 Å². The van der Waals surface area contributed by atoms with E-state index in [1.165, 1.54) is 25.1 Å². The fourth-order valence-electron chi connectivity index (χ4n) is 1.58. The maximum Gasteiger partial charge on any atom is 0.335 e. The zero-order valence-corrected chi connectivity index (χ0v) is 12.3. The van der Waals surface area contributed by atoms with Crippen LogP contribution in [0.5, 0.6) is 0 Å². The van der Waals surface area contributed by atoms with E-state index in [-0.39, 0.29) is 28.0 Å². The van der Waals surface area contributed by atoms with E-state index in [4.69, 9.17) is 5.11 Å². The van der Waals surface area contributed by atoms with Crippen LogP contribution in [0.4, 0.5) is 0 Å². The Labute approximate surface area is 113 Å². The average molecular weight is 285 g/mol. The second kappa shape index (κ2) is 5.71. The van der Waals surface area contributed by atoms with Gasteiger partial charge >= 0.3 is 5.97 Å². The van der Waals surface area contributed by atoms with Crippen LogP contribution in [0, 0.1) is 12.8 Å². The Morgan fingerprint density at radius 3 is 2.32 bits per heavy atom. The van der Waals surface area contributed by atoms with E-state index >= 15 is 0 Å². The van der Waals surface area contributed by atoms with Crippen LogP contribution >= 0.6 is 0 Å². The van der Waals surface area contributed by atoms with Gasteiger partial charge < -0.3 is 5.11 Å². The molecule has 0 saturated heterocycles. The zero-order chi connectivity index (χ0) is 14.8. The number of nitrogens with one attached hydrogen (secondary N) is 1. The van der Waals surface area contributed by atoms with E-state index in [9.17, 15) is 13.2 Å². The van der Waals surface area contributed by atoms with Crippen molar-refractivity contribution in [1.29, 1.82) is 0 Å². The molecule has 0 aliphatic carbocycles. The highest BCUT2D eigenvalue weighted by Gasteiger charge is 2.23. The number of hydrogen-bond donors (Lipinski definition) is 2. The van der Waals surface area contributed by atoms with Gasteiger partial charge in [0.2, 0.25) is 10.0 Å². The molecule has 1 aromatic carbocycles. The van der Waals surface area contributed by atoms with Crippen molar-refractivity contribution in [3.8, 4) is 0 Å². The molecule has 0 fully saturated rings. The first-order chi connectivity index (χ1) is 8.66. The summed E-state index contributed by atoms with van der Waals surface area (Å²) in [4.78, 5) is 11.0. The lowest BCUT2D eigenvalue weighted by Crippen LogP contribution is -2.36. The Kier molecular flexibility index (Phi) is 4.70. The molecule has 1 atom stereocenters. The van der Waals surface area contributed by atoms with Crippen LogP contribution in [0.3, 0.4) is 0 Å². The molecule has 2 N–H and O–H groups in total. The fraction of sp³-hybridized carbons (Fsp3) is 0.462. The molecular formula is C13H19NO4S. The first-order valence-corrected chi connectivity index (χ1v) is 7.50. The third kappa shape index (κ3) is 3.54. The lowest BCUT2D eigenvalue weighted by atomic mass is 10.1. The van der Waals surface area contributed by atoms with Crippen LogP contribution in [-0.2, 0) is 10.0 Å². The molecule has 19 heavy (non-hydrogen) atoms. The molecule has 106 valence electrons. The molecule has 0 radical (unpaired) electrons. The summed E-state index contributed by atoms with van der Waals surface area (Å²) in [5.74, 6) is -0.982. The summed E-state index contributed by atoms with van der Waals surface area (Å²) < 4.78 is 27.0. The minimum Gasteiger partial charge on any atom is -0.478 e. The molecule has 0 heterocycles. The maximum atomic E-state index is 12.2. The summed E-state index contributed by atoms with van der Waals surface area (Å²) in [7, 11) is -3.70. The third-order valence-electron chi connectivity index (χ3n) is 3.15. The van der Waals surface area contributed by atoms with Crippen LogP contribution in [0.25, 0.3) is 0 Å². The smallest absolute Gasteiger partial charge is 0.335 e. The minimum atomic E-state index is -3.70. The Morgan fingerprint density at radius 1 is 1.26 bits per heavy atom. The standard InChI is InChI=1S/C13H19NO4S/c1-8(2)10(4)14-19(17,18)12-7-5-6-11(9(12)3)13(15)16/h5-8,10,14H,1-4H3,(H,15,16). The van der Waals surface area contributed by atoms with E-state index in [2.05, 4.69) is 4.72 Å². The lowest BCUT2D eigenvalue weighted by Gasteiger charge is -2.18. The number of carbonyl (C=O) groups is 1. The summed E-state index contributed by atoms with van der Waals surface area (Å²) in [5, 5.41) is 9.01. The lowest BCUT2D eigenvalue weighted by molar-refractivity contribution is 0.0696. The first kappa shape index (κ1) is 15.7. The van der Waals surface area contributed by atoms with Gasteiger partial charge in [-0.25, -0.2) is 17.9 Å². The molecule has 1 unspecified atom stereocenters. The van der Waals surface area contributed by atoms with Crippen LogP contribution < -0.4 is 4.72 Å². The molecule has 0 aliphatic heterocycles. The van der Waals surface area contributed by atoms with Crippen LogP contribution in [0.15, 0.2) is 23.1 Å². The molecule has 6 heteroatoms. The topological polar surface area (TPSA) is 83.5 Å². The molecule has 0 spiro atoms. The summed E-state index contributed by atoms with van der Waals surface area (Å²) >= 11 is 0. The SMILES string of the molecule is Cc1c(C(=O)O)cccc1S(=O)(=O)NC(C)C(C)C. The van der Waals surface area contributed by atoms with E-state index < -0.39 is 16.0 Å². The number of benzene rings is 1. The van der Waals surface area contributed by atoms with Crippen molar-refractivity contribution in [2.24, 2.45) is 5.92 Å². The largest absolute Gasteiger partial charge is 0.478 e. The highest BCUT2D eigenvalue weighted by molar-refractivity contribution is 7.89. The normalized spacial score (nSPS) is 13.5. The predicted molar refractivity (Wildman–Crippen MR) is 72.8 cm³/mol. The van der Waals surface area contributed by atoms with Gasteiger partial charge in [0.25, 0.3) is 0 Å². The molecule has 0 aromatic heterocycles. The quantitative estimate of drug-likeness (QED) is 0.867. The first-order valence-electron chi connectivity index (χ1n) is 6.02. The van der Waals surface area contributed by atoms with E-state index in [1.54, 1.807) is 6.92 Å². The zero-order valence-electron chi connectivity index (χ0n) is 11.5. The number of sulfonamides is 1. The molecule has 0 aliphatic rings. The molecule has 1 aromatic rings. The van der Waals surface area contributed by atoms with Gasteiger partial charge in [0, 0.05) is 6.04 Å². The van der Waals surface area contributed by atoms with Crippen molar-refractivity contribution in [2.75, 3.05) is 0 Å². The van der Waals surface area contributed by atoms with Crippen LogP contribution in [0.2, 0.25) is 0 Å². The summed E-state index contributed by atoms with van der Waals surface area (Å²) in [6.07, 6.45) is 0. The van der Waals surface area contributed by atoms with Gasteiger partial charge in [-0.1, -0.05) is 19.9 Å². The molecule has 0 bridgehead atoms. The Hall–Kier alpha value is -1.40. The van der Waals surface area contributed by atoms with Gasteiger partial charge in [-0.3, -0.25) is 0 Å². The molecule has 0 amide bonds. The van der Waals surface area contributed by atoms with Gasteiger partial charge in [-0.2, -0.15) is 0 Å². The fourth-order valence-corrected chi connectivity index (χ4v) is 3.24. The Bertz CT molecular complexity index is 578. The monoisotopic (exact) mass is 285 g/mol. The Morgan fingerprint density at radius 2 is 1.84 bits per heavy atom. The molecular weight excluding hydrogens is 266 g/mol. The average Bonchev–Trinajstić information content (AvgIpc) is 2.27. The maximum absolute atomic E-state index is 12.2. The molecule has 5 nitrogen and oxygen atoms in total. The van der Waals surface area contributed by atoms with E-state index in [0.29, 0.717) is 0 Å². The van der Waals surface area contributed by atoms with Gasteiger partial charge in [-0.05, 0) is 37.5 Å². The molecule has 0 saturated carbocycles. The number of aromatic carboxylic acids is 1. The van der Waals surface area contributed by atoms with Crippen molar-refractivity contribution < 1.29 is 18.3 Å². The number of hydrogen-bond acceptors (Lipinski definition) is 3. The predicted octanol–water partition coefficient (Wildman–Crippen LogP) is 2.02. The summed E-state index contributed by atoms with van der Waals surface area (Å²) in [6.45, 7) is 7.10. The minimum absolute atomic E-state index is 0.0000694. The third-order valence-corrected chi connectivity index (χ3v) is 4.85.